The van der Waals surface area contributed by atoms with Crippen molar-refractivity contribution in [1.82, 2.24) is 9.97 Å². The lowest BCUT2D eigenvalue weighted by atomic mass is 10.1. The van der Waals surface area contributed by atoms with Gasteiger partial charge in [-0.2, -0.15) is 5.26 Å². The standard InChI is InChI=1S/C12H8FN3O/c13-10-4-2-1-3-8(10)5-11-15-7-9(6-14)12(17)16-11/h1-4,7H,5H2,(H,15,16,17). The first-order chi connectivity index (χ1) is 8.20. The number of rotatable bonds is 2. The molecule has 0 aliphatic rings. The van der Waals surface area contributed by atoms with Crippen molar-refractivity contribution in [2.24, 2.45) is 0 Å². The number of nitriles is 1. The largest absolute Gasteiger partial charge is 0.309 e. The summed E-state index contributed by atoms with van der Waals surface area (Å²) in [4.78, 5) is 17.7. The molecule has 0 spiro atoms. The average Bonchev–Trinajstić information content (AvgIpc) is 2.32. The molecule has 0 saturated carbocycles. The third kappa shape index (κ3) is 2.37. The van der Waals surface area contributed by atoms with Gasteiger partial charge in [0.05, 0.1) is 6.20 Å². The van der Waals surface area contributed by atoms with Gasteiger partial charge in [0, 0.05) is 6.42 Å². The van der Waals surface area contributed by atoms with Crippen molar-refractivity contribution in [3.63, 3.8) is 0 Å². The number of aromatic amines is 1. The molecule has 0 bridgehead atoms. The lowest BCUT2D eigenvalue weighted by Crippen LogP contribution is -2.14. The molecule has 5 heteroatoms. The number of nitrogens with zero attached hydrogens (tertiary/aromatic N) is 2. The van der Waals surface area contributed by atoms with E-state index in [9.17, 15) is 9.18 Å². The van der Waals surface area contributed by atoms with E-state index in [1.807, 2.05) is 0 Å². The number of halogens is 1. The Kier molecular flexibility index (Phi) is 2.97. The summed E-state index contributed by atoms with van der Waals surface area (Å²) in [7, 11) is 0. The Labute approximate surface area is 96.4 Å². The minimum Gasteiger partial charge on any atom is -0.309 e. The predicted molar refractivity (Wildman–Crippen MR) is 58.8 cm³/mol. The van der Waals surface area contributed by atoms with Crippen LogP contribution in [-0.2, 0) is 6.42 Å². The number of benzene rings is 1. The first-order valence-electron chi connectivity index (χ1n) is 4.92. The zero-order chi connectivity index (χ0) is 12.3. The Bertz CT molecular complexity index is 643. The molecule has 2 rings (SSSR count). The summed E-state index contributed by atoms with van der Waals surface area (Å²) < 4.78 is 13.3. The maximum absolute atomic E-state index is 13.3. The SMILES string of the molecule is N#Cc1cnc(Cc2ccccc2F)[nH]c1=O. The van der Waals surface area contributed by atoms with E-state index in [0.717, 1.165) is 0 Å². The van der Waals surface area contributed by atoms with Gasteiger partial charge in [0.1, 0.15) is 23.3 Å². The van der Waals surface area contributed by atoms with Gasteiger partial charge in [-0.25, -0.2) is 9.37 Å². The van der Waals surface area contributed by atoms with E-state index in [-0.39, 0.29) is 17.8 Å². The molecule has 2 aromatic rings. The third-order valence-corrected chi connectivity index (χ3v) is 2.29. The molecule has 0 atom stereocenters. The van der Waals surface area contributed by atoms with Gasteiger partial charge in [0.25, 0.3) is 5.56 Å². The van der Waals surface area contributed by atoms with Crippen molar-refractivity contribution in [2.45, 2.75) is 6.42 Å². The van der Waals surface area contributed by atoms with E-state index in [0.29, 0.717) is 11.4 Å². The lowest BCUT2D eigenvalue weighted by molar-refractivity contribution is 0.612. The zero-order valence-corrected chi connectivity index (χ0v) is 8.77. The fraction of sp³-hybridized carbons (Fsp3) is 0.0833. The number of nitrogens with one attached hydrogen (secondary N) is 1. The predicted octanol–water partition coefficient (Wildman–Crippen LogP) is 1.37. The van der Waals surface area contributed by atoms with Gasteiger partial charge in [-0.15, -0.1) is 0 Å². The summed E-state index contributed by atoms with van der Waals surface area (Å²) >= 11 is 0. The van der Waals surface area contributed by atoms with Gasteiger partial charge in [0.15, 0.2) is 0 Å². The van der Waals surface area contributed by atoms with Crippen LogP contribution in [0, 0.1) is 17.1 Å². The van der Waals surface area contributed by atoms with Crippen molar-refractivity contribution >= 4 is 0 Å². The van der Waals surface area contributed by atoms with Crippen LogP contribution in [0.3, 0.4) is 0 Å². The molecule has 1 aromatic heterocycles. The summed E-state index contributed by atoms with van der Waals surface area (Å²) in [6, 6.07) is 7.98. The smallest absolute Gasteiger partial charge is 0.268 e. The van der Waals surface area contributed by atoms with Crippen LogP contribution in [0.15, 0.2) is 35.3 Å². The first-order valence-corrected chi connectivity index (χ1v) is 4.92. The van der Waals surface area contributed by atoms with E-state index < -0.39 is 5.56 Å². The number of hydrogen-bond donors (Lipinski definition) is 1. The monoisotopic (exact) mass is 229 g/mol. The van der Waals surface area contributed by atoms with Gasteiger partial charge < -0.3 is 4.98 Å². The van der Waals surface area contributed by atoms with E-state index in [1.165, 1.54) is 12.3 Å². The van der Waals surface area contributed by atoms with Gasteiger partial charge in [-0.1, -0.05) is 18.2 Å². The molecule has 1 heterocycles. The fourth-order valence-electron chi connectivity index (χ4n) is 1.42. The van der Waals surface area contributed by atoms with Crippen LogP contribution in [0.4, 0.5) is 4.39 Å². The summed E-state index contributed by atoms with van der Waals surface area (Å²) in [6.07, 6.45) is 1.38. The molecule has 84 valence electrons. The highest BCUT2D eigenvalue weighted by molar-refractivity contribution is 5.24. The molecule has 17 heavy (non-hydrogen) atoms. The minimum absolute atomic E-state index is 0.0534. The Morgan fingerprint density at radius 2 is 2.18 bits per heavy atom. The summed E-state index contributed by atoms with van der Waals surface area (Å²) in [5.74, 6) is -0.0152. The topological polar surface area (TPSA) is 69.5 Å². The molecule has 0 aliphatic carbocycles. The lowest BCUT2D eigenvalue weighted by Gasteiger charge is -2.02. The minimum atomic E-state index is -0.506. The van der Waals surface area contributed by atoms with Crippen molar-refractivity contribution in [2.75, 3.05) is 0 Å². The molecule has 0 amide bonds. The molecule has 1 aromatic carbocycles. The second-order valence-corrected chi connectivity index (χ2v) is 3.45. The van der Waals surface area contributed by atoms with E-state index in [4.69, 9.17) is 5.26 Å². The van der Waals surface area contributed by atoms with Crippen LogP contribution < -0.4 is 5.56 Å². The van der Waals surface area contributed by atoms with Crippen LogP contribution in [0.25, 0.3) is 0 Å². The van der Waals surface area contributed by atoms with Gasteiger partial charge >= 0.3 is 0 Å². The second kappa shape index (κ2) is 4.58. The highest BCUT2D eigenvalue weighted by atomic mass is 19.1. The van der Waals surface area contributed by atoms with Crippen molar-refractivity contribution in [3.8, 4) is 6.07 Å². The first kappa shape index (κ1) is 11.0. The molecule has 0 fully saturated rings. The van der Waals surface area contributed by atoms with Crippen molar-refractivity contribution in [1.29, 1.82) is 5.26 Å². The molecule has 0 radical (unpaired) electrons. The quantitative estimate of drug-likeness (QED) is 0.845. The Morgan fingerprint density at radius 3 is 2.82 bits per heavy atom. The van der Waals surface area contributed by atoms with Crippen LogP contribution in [0.2, 0.25) is 0 Å². The zero-order valence-electron chi connectivity index (χ0n) is 8.77. The van der Waals surface area contributed by atoms with Gasteiger partial charge in [-0.05, 0) is 11.6 Å². The molecule has 0 aliphatic heterocycles. The Balaban J connectivity index is 2.32. The van der Waals surface area contributed by atoms with Crippen molar-refractivity contribution in [3.05, 3.63) is 63.6 Å². The molecular weight excluding hydrogens is 221 g/mol. The number of aromatic nitrogens is 2. The summed E-state index contributed by atoms with van der Waals surface area (Å²) in [6.45, 7) is 0. The molecule has 0 unspecified atom stereocenters. The second-order valence-electron chi connectivity index (χ2n) is 3.45. The fourth-order valence-corrected chi connectivity index (χ4v) is 1.42. The van der Waals surface area contributed by atoms with Gasteiger partial charge in [0.2, 0.25) is 0 Å². The Morgan fingerprint density at radius 1 is 1.41 bits per heavy atom. The Hall–Kier alpha value is -2.48. The molecular formula is C12H8FN3O. The normalized spacial score (nSPS) is 9.88. The van der Waals surface area contributed by atoms with Gasteiger partial charge in [-0.3, -0.25) is 4.79 Å². The molecule has 0 saturated heterocycles. The molecule has 4 nitrogen and oxygen atoms in total. The summed E-state index contributed by atoms with van der Waals surface area (Å²) in [5, 5.41) is 8.57. The van der Waals surface area contributed by atoms with E-state index >= 15 is 0 Å². The average molecular weight is 229 g/mol. The highest BCUT2D eigenvalue weighted by Crippen LogP contribution is 2.09. The molecule has 1 N–H and O–H groups in total. The third-order valence-electron chi connectivity index (χ3n) is 2.29. The van der Waals surface area contributed by atoms with Crippen molar-refractivity contribution < 1.29 is 4.39 Å². The maximum Gasteiger partial charge on any atom is 0.268 e. The van der Waals surface area contributed by atoms with Crippen LogP contribution in [0.5, 0.6) is 0 Å². The van der Waals surface area contributed by atoms with Crippen LogP contribution in [-0.4, -0.2) is 9.97 Å². The summed E-state index contributed by atoms with van der Waals surface area (Å²) in [5.41, 5.74) is -0.114. The van der Waals surface area contributed by atoms with Crippen LogP contribution in [0.1, 0.15) is 17.0 Å². The number of H-pyrrole nitrogens is 1. The number of hydrogen-bond acceptors (Lipinski definition) is 3. The van der Waals surface area contributed by atoms with Crippen LogP contribution >= 0.6 is 0 Å². The van der Waals surface area contributed by atoms with E-state index in [1.54, 1.807) is 24.3 Å². The van der Waals surface area contributed by atoms with E-state index in [2.05, 4.69) is 9.97 Å². The maximum atomic E-state index is 13.3. The highest BCUT2D eigenvalue weighted by Gasteiger charge is 2.05.